The van der Waals surface area contributed by atoms with Gasteiger partial charge in [-0.2, -0.15) is 0 Å². The van der Waals surface area contributed by atoms with Crippen molar-refractivity contribution >= 4 is 11.7 Å². The number of hydrogen-bond acceptors (Lipinski definition) is 4. The van der Waals surface area contributed by atoms with Crippen molar-refractivity contribution in [1.82, 2.24) is 4.90 Å². The molecule has 1 heterocycles. The molecule has 0 fully saturated rings. The Hall–Kier alpha value is -2.56. The molecule has 1 aliphatic rings. The summed E-state index contributed by atoms with van der Waals surface area (Å²) >= 11 is 0. The number of ketones is 1. The van der Waals surface area contributed by atoms with E-state index < -0.39 is 23.1 Å². The predicted molar refractivity (Wildman–Crippen MR) is 106 cm³/mol. The summed E-state index contributed by atoms with van der Waals surface area (Å²) in [6.45, 7) is 11.9. The lowest BCUT2D eigenvalue weighted by Crippen LogP contribution is -2.33. The molecule has 0 spiro atoms. The van der Waals surface area contributed by atoms with E-state index in [0.717, 1.165) is 18.4 Å². The average molecular weight is 371 g/mol. The second kappa shape index (κ2) is 8.42. The Labute approximate surface area is 161 Å². The standard InChI is InChI=1S/C22H29NO4/c1-6-8-12-23-18(15-10-9-11-16(14-15)27-13-7-2)17(19(24)21(23)26)20(25)22(3,4)5/h7,9-11,14,18,24H,2,6,8,12-13H2,1,3-5H3. The molecule has 5 heteroatoms. The molecule has 27 heavy (non-hydrogen) atoms. The summed E-state index contributed by atoms with van der Waals surface area (Å²) in [6, 6.07) is 6.70. The van der Waals surface area contributed by atoms with E-state index in [2.05, 4.69) is 6.58 Å². The number of hydrogen-bond donors (Lipinski definition) is 1. The smallest absolute Gasteiger partial charge is 0.290 e. The number of benzene rings is 1. The van der Waals surface area contributed by atoms with Gasteiger partial charge in [0.05, 0.1) is 11.6 Å². The molecule has 5 nitrogen and oxygen atoms in total. The van der Waals surface area contributed by atoms with Crippen LogP contribution in [-0.4, -0.2) is 34.8 Å². The van der Waals surface area contributed by atoms with Crippen molar-refractivity contribution in [2.75, 3.05) is 13.2 Å². The lowest BCUT2D eigenvalue weighted by Gasteiger charge is -2.29. The SMILES string of the molecule is C=CCOc1cccc(C2C(C(=O)C(C)(C)C)=C(O)C(=O)N2CCCC)c1. The Bertz CT molecular complexity index is 758. The molecule has 146 valence electrons. The van der Waals surface area contributed by atoms with Crippen molar-refractivity contribution in [1.29, 1.82) is 0 Å². The van der Waals surface area contributed by atoms with E-state index in [1.165, 1.54) is 0 Å². The monoisotopic (exact) mass is 371 g/mol. The number of rotatable bonds is 8. The minimum Gasteiger partial charge on any atom is -0.503 e. The lowest BCUT2D eigenvalue weighted by atomic mass is 9.82. The van der Waals surface area contributed by atoms with Crippen molar-refractivity contribution < 1.29 is 19.4 Å². The number of nitrogens with zero attached hydrogens (tertiary/aromatic N) is 1. The molecule has 1 unspecified atom stereocenters. The van der Waals surface area contributed by atoms with Crippen LogP contribution in [-0.2, 0) is 9.59 Å². The van der Waals surface area contributed by atoms with Gasteiger partial charge in [-0.1, -0.05) is 58.9 Å². The first kappa shape index (κ1) is 20.7. The fourth-order valence-electron chi connectivity index (χ4n) is 3.12. The molecule has 0 saturated carbocycles. The van der Waals surface area contributed by atoms with E-state index in [0.29, 0.717) is 18.9 Å². The van der Waals surface area contributed by atoms with Crippen LogP contribution in [0.25, 0.3) is 0 Å². The zero-order valence-corrected chi connectivity index (χ0v) is 16.6. The number of carbonyl (C=O) groups is 2. The van der Waals surface area contributed by atoms with Gasteiger partial charge >= 0.3 is 0 Å². The lowest BCUT2D eigenvalue weighted by molar-refractivity contribution is -0.129. The Balaban J connectivity index is 2.52. The summed E-state index contributed by atoms with van der Waals surface area (Å²) in [5.74, 6) is -0.522. The summed E-state index contributed by atoms with van der Waals surface area (Å²) in [5.41, 5.74) is 0.210. The van der Waals surface area contributed by atoms with Crippen LogP contribution in [0.1, 0.15) is 52.1 Å². The zero-order chi connectivity index (χ0) is 20.2. The van der Waals surface area contributed by atoms with Crippen molar-refractivity contribution in [3.05, 3.63) is 53.8 Å². The maximum atomic E-state index is 13.0. The first-order chi connectivity index (χ1) is 12.7. The van der Waals surface area contributed by atoms with Crippen LogP contribution in [0.4, 0.5) is 0 Å². The number of carbonyl (C=O) groups excluding carboxylic acids is 2. The third kappa shape index (κ3) is 4.41. The molecule has 1 amide bonds. The second-order valence-electron chi connectivity index (χ2n) is 7.77. The number of ether oxygens (including phenoxy) is 1. The van der Waals surface area contributed by atoms with Crippen LogP contribution in [0, 0.1) is 5.41 Å². The summed E-state index contributed by atoms with van der Waals surface area (Å²) < 4.78 is 5.60. The Morgan fingerprint density at radius 2 is 2.07 bits per heavy atom. The van der Waals surface area contributed by atoms with Gasteiger partial charge in [-0.25, -0.2) is 0 Å². The Kier molecular flexibility index (Phi) is 6.47. The van der Waals surface area contributed by atoms with Gasteiger partial charge in [-0.05, 0) is 24.1 Å². The van der Waals surface area contributed by atoms with Crippen LogP contribution in [0.5, 0.6) is 5.75 Å². The molecule has 0 saturated heterocycles. The highest BCUT2D eigenvalue weighted by atomic mass is 16.5. The van der Waals surface area contributed by atoms with Gasteiger partial charge < -0.3 is 14.7 Å². The van der Waals surface area contributed by atoms with E-state index in [4.69, 9.17) is 4.74 Å². The first-order valence-electron chi connectivity index (χ1n) is 9.35. The van der Waals surface area contributed by atoms with Crippen LogP contribution in [0.2, 0.25) is 0 Å². The van der Waals surface area contributed by atoms with Crippen molar-refractivity contribution in [2.24, 2.45) is 5.41 Å². The molecule has 0 aliphatic carbocycles. The third-order valence-corrected chi connectivity index (χ3v) is 4.52. The minimum atomic E-state index is -0.709. The molecular formula is C22H29NO4. The first-order valence-corrected chi connectivity index (χ1v) is 9.35. The fourth-order valence-corrected chi connectivity index (χ4v) is 3.12. The number of Topliss-reactive ketones (excluding diaryl/α,β-unsaturated/α-hetero) is 1. The molecule has 0 aromatic heterocycles. The maximum absolute atomic E-state index is 13.0. The minimum absolute atomic E-state index is 0.171. The van der Waals surface area contributed by atoms with Crippen LogP contribution >= 0.6 is 0 Å². The van der Waals surface area contributed by atoms with Gasteiger partial charge in [-0.3, -0.25) is 9.59 Å². The second-order valence-corrected chi connectivity index (χ2v) is 7.77. The Morgan fingerprint density at radius 1 is 1.37 bits per heavy atom. The van der Waals surface area contributed by atoms with Crippen LogP contribution < -0.4 is 4.74 Å². The van der Waals surface area contributed by atoms with Crippen molar-refractivity contribution in [3.8, 4) is 5.75 Å². The highest BCUT2D eigenvalue weighted by Gasteiger charge is 2.45. The number of unbranched alkanes of at least 4 members (excludes halogenated alkanes) is 1. The summed E-state index contributed by atoms with van der Waals surface area (Å²) in [6.07, 6.45) is 3.35. The van der Waals surface area contributed by atoms with Crippen molar-refractivity contribution in [2.45, 2.75) is 46.6 Å². The molecule has 1 aromatic rings. The molecular weight excluding hydrogens is 342 g/mol. The predicted octanol–water partition coefficient (Wildman–Crippen LogP) is 4.36. The van der Waals surface area contributed by atoms with E-state index in [1.807, 2.05) is 31.2 Å². The normalized spacial score (nSPS) is 17.4. The number of amides is 1. The summed E-state index contributed by atoms with van der Waals surface area (Å²) in [5, 5.41) is 10.5. The molecule has 0 radical (unpaired) electrons. The largest absolute Gasteiger partial charge is 0.503 e. The van der Waals surface area contributed by atoms with Gasteiger partial charge in [0.2, 0.25) is 0 Å². The summed E-state index contributed by atoms with van der Waals surface area (Å²) in [7, 11) is 0. The number of aliphatic hydroxyl groups excluding tert-OH is 1. The number of aliphatic hydroxyl groups is 1. The average Bonchev–Trinajstić information content (AvgIpc) is 2.88. The third-order valence-electron chi connectivity index (χ3n) is 4.52. The van der Waals surface area contributed by atoms with E-state index in [9.17, 15) is 14.7 Å². The topological polar surface area (TPSA) is 66.8 Å². The quantitative estimate of drug-likeness (QED) is 0.690. The van der Waals surface area contributed by atoms with Crippen LogP contribution in [0.15, 0.2) is 48.3 Å². The molecule has 0 bridgehead atoms. The Morgan fingerprint density at radius 3 is 2.67 bits per heavy atom. The van der Waals surface area contributed by atoms with E-state index in [1.54, 1.807) is 31.7 Å². The van der Waals surface area contributed by atoms with E-state index >= 15 is 0 Å². The van der Waals surface area contributed by atoms with Gasteiger partial charge in [0.1, 0.15) is 12.4 Å². The molecule has 1 aromatic carbocycles. The van der Waals surface area contributed by atoms with Gasteiger partial charge in [0.25, 0.3) is 5.91 Å². The fraction of sp³-hybridized carbons (Fsp3) is 0.455. The highest BCUT2D eigenvalue weighted by Crippen LogP contribution is 2.41. The molecule has 1 aliphatic heterocycles. The van der Waals surface area contributed by atoms with Gasteiger partial charge in [-0.15, -0.1) is 0 Å². The van der Waals surface area contributed by atoms with Crippen LogP contribution in [0.3, 0.4) is 0 Å². The van der Waals surface area contributed by atoms with Gasteiger partial charge in [0, 0.05) is 12.0 Å². The summed E-state index contributed by atoms with van der Waals surface area (Å²) in [4.78, 5) is 27.3. The molecule has 2 rings (SSSR count). The van der Waals surface area contributed by atoms with Gasteiger partial charge in [0.15, 0.2) is 11.5 Å². The molecule has 1 N–H and O–H groups in total. The van der Waals surface area contributed by atoms with E-state index in [-0.39, 0.29) is 11.4 Å². The molecule has 1 atom stereocenters. The highest BCUT2D eigenvalue weighted by molar-refractivity contribution is 6.10. The zero-order valence-electron chi connectivity index (χ0n) is 16.6. The van der Waals surface area contributed by atoms with Crippen molar-refractivity contribution in [3.63, 3.8) is 0 Å². The maximum Gasteiger partial charge on any atom is 0.290 e.